The van der Waals surface area contributed by atoms with Crippen LogP contribution in [0.2, 0.25) is 0 Å². The first-order chi connectivity index (χ1) is 10.5. The first kappa shape index (κ1) is 16.9. The number of rotatable bonds is 5. The van der Waals surface area contributed by atoms with Gasteiger partial charge in [0, 0.05) is 24.0 Å². The summed E-state index contributed by atoms with van der Waals surface area (Å²) < 4.78 is 19.7. The van der Waals surface area contributed by atoms with Crippen LogP contribution in [0.15, 0.2) is 22.7 Å². The molecule has 1 aromatic carbocycles. The predicted octanol–water partition coefficient (Wildman–Crippen LogP) is 2.22. The molecule has 1 aliphatic rings. The van der Waals surface area contributed by atoms with Crippen LogP contribution in [0.5, 0.6) is 0 Å². The Kier molecular flexibility index (Phi) is 5.90. The number of carboxylic acid groups (broad SMARTS) is 1. The number of aliphatic carboxylic acids is 1. The molecule has 7 heteroatoms. The molecule has 0 saturated carbocycles. The third-order valence-corrected chi connectivity index (χ3v) is 4.01. The SMILES string of the molecule is O=C(O)C[C@H]1CN(C(=O)CCc2ccc(Br)cc2F)CCO1. The zero-order valence-electron chi connectivity index (χ0n) is 11.9. The summed E-state index contributed by atoms with van der Waals surface area (Å²) in [6.45, 7) is 1.04. The molecule has 1 fully saturated rings. The van der Waals surface area contributed by atoms with Gasteiger partial charge in [-0.2, -0.15) is 0 Å². The Morgan fingerprint density at radius 3 is 2.91 bits per heavy atom. The number of carbonyl (C=O) groups excluding carboxylic acids is 1. The predicted molar refractivity (Wildman–Crippen MR) is 81.0 cm³/mol. The molecule has 120 valence electrons. The van der Waals surface area contributed by atoms with Gasteiger partial charge >= 0.3 is 5.97 Å². The second-order valence-corrected chi connectivity index (χ2v) is 6.08. The summed E-state index contributed by atoms with van der Waals surface area (Å²) in [7, 11) is 0. The smallest absolute Gasteiger partial charge is 0.306 e. The molecule has 1 N–H and O–H groups in total. The molecule has 1 heterocycles. The van der Waals surface area contributed by atoms with Crippen molar-refractivity contribution in [3.63, 3.8) is 0 Å². The molecule has 0 radical (unpaired) electrons. The third kappa shape index (κ3) is 4.78. The van der Waals surface area contributed by atoms with E-state index < -0.39 is 12.1 Å². The van der Waals surface area contributed by atoms with Crippen LogP contribution < -0.4 is 0 Å². The number of benzene rings is 1. The molecule has 1 saturated heterocycles. The molecular formula is C15H17BrFNO4. The minimum absolute atomic E-state index is 0.110. The quantitative estimate of drug-likeness (QED) is 0.859. The maximum atomic E-state index is 13.7. The lowest BCUT2D eigenvalue weighted by Crippen LogP contribution is -2.46. The number of aryl methyl sites for hydroxylation is 1. The molecule has 1 aliphatic heterocycles. The van der Waals surface area contributed by atoms with Crippen LogP contribution in [0.4, 0.5) is 4.39 Å². The van der Waals surface area contributed by atoms with Crippen molar-refractivity contribution in [2.45, 2.75) is 25.4 Å². The highest BCUT2D eigenvalue weighted by molar-refractivity contribution is 9.10. The minimum Gasteiger partial charge on any atom is -0.481 e. The van der Waals surface area contributed by atoms with Crippen LogP contribution in [-0.4, -0.2) is 47.7 Å². The van der Waals surface area contributed by atoms with Crippen LogP contribution in [0.25, 0.3) is 0 Å². The van der Waals surface area contributed by atoms with Crippen molar-refractivity contribution in [2.24, 2.45) is 0 Å². The van der Waals surface area contributed by atoms with Crippen molar-refractivity contribution in [3.8, 4) is 0 Å². The van der Waals surface area contributed by atoms with Crippen LogP contribution in [0.1, 0.15) is 18.4 Å². The van der Waals surface area contributed by atoms with Crippen LogP contribution in [0.3, 0.4) is 0 Å². The molecular weight excluding hydrogens is 357 g/mol. The average Bonchev–Trinajstić information content (AvgIpc) is 2.45. The lowest BCUT2D eigenvalue weighted by Gasteiger charge is -2.32. The molecule has 5 nitrogen and oxygen atoms in total. The van der Waals surface area contributed by atoms with Gasteiger partial charge in [0.2, 0.25) is 5.91 Å². The molecule has 2 rings (SSSR count). The van der Waals surface area contributed by atoms with Gasteiger partial charge in [-0.25, -0.2) is 4.39 Å². The number of nitrogens with zero attached hydrogens (tertiary/aromatic N) is 1. The van der Waals surface area contributed by atoms with Crippen molar-refractivity contribution in [2.75, 3.05) is 19.7 Å². The minimum atomic E-state index is -0.948. The van der Waals surface area contributed by atoms with E-state index in [0.29, 0.717) is 29.6 Å². The maximum Gasteiger partial charge on any atom is 0.306 e. The van der Waals surface area contributed by atoms with Gasteiger partial charge in [-0.15, -0.1) is 0 Å². The van der Waals surface area contributed by atoms with Crippen LogP contribution in [0, 0.1) is 5.82 Å². The van der Waals surface area contributed by atoms with E-state index in [-0.39, 0.29) is 31.1 Å². The van der Waals surface area contributed by atoms with Crippen molar-refractivity contribution < 1.29 is 23.8 Å². The standard InChI is InChI=1S/C15H17BrFNO4/c16-11-3-1-10(13(17)7-11)2-4-14(19)18-5-6-22-12(9-18)8-15(20)21/h1,3,7,12H,2,4-6,8-9H2,(H,20,21)/t12-/m0/s1. The molecule has 1 amide bonds. The first-order valence-electron chi connectivity index (χ1n) is 7.01. The summed E-state index contributed by atoms with van der Waals surface area (Å²) in [5.41, 5.74) is 0.492. The third-order valence-electron chi connectivity index (χ3n) is 3.52. The Labute approximate surface area is 136 Å². The Balaban J connectivity index is 1.87. The molecule has 1 aromatic rings. The molecule has 0 aromatic heterocycles. The fraction of sp³-hybridized carbons (Fsp3) is 0.467. The second-order valence-electron chi connectivity index (χ2n) is 5.17. The number of halogens is 2. The fourth-order valence-corrected chi connectivity index (χ4v) is 2.72. The Bertz CT molecular complexity index is 566. The number of carboxylic acids is 1. The van der Waals surface area contributed by atoms with Gasteiger partial charge in [0.05, 0.1) is 19.1 Å². The van der Waals surface area contributed by atoms with E-state index in [0.717, 1.165) is 0 Å². The van der Waals surface area contributed by atoms with Crippen LogP contribution in [-0.2, 0) is 20.7 Å². The number of morpholine rings is 1. The number of hydrogen-bond acceptors (Lipinski definition) is 3. The largest absolute Gasteiger partial charge is 0.481 e. The van der Waals surface area contributed by atoms with Crippen molar-refractivity contribution in [1.82, 2.24) is 4.90 Å². The molecule has 22 heavy (non-hydrogen) atoms. The number of amides is 1. The zero-order chi connectivity index (χ0) is 16.1. The highest BCUT2D eigenvalue weighted by Gasteiger charge is 2.25. The van der Waals surface area contributed by atoms with Gasteiger partial charge in [0.25, 0.3) is 0 Å². The lowest BCUT2D eigenvalue weighted by molar-refractivity contribution is -0.147. The van der Waals surface area contributed by atoms with E-state index in [1.807, 2.05) is 0 Å². The summed E-state index contributed by atoms with van der Waals surface area (Å²) in [4.78, 5) is 24.5. The second kappa shape index (κ2) is 7.69. The van der Waals surface area contributed by atoms with E-state index in [1.165, 1.54) is 6.07 Å². The van der Waals surface area contributed by atoms with Gasteiger partial charge in [-0.1, -0.05) is 22.0 Å². The highest BCUT2D eigenvalue weighted by Crippen LogP contribution is 2.17. The molecule has 0 unspecified atom stereocenters. The van der Waals surface area contributed by atoms with E-state index in [4.69, 9.17) is 9.84 Å². The maximum absolute atomic E-state index is 13.7. The van der Waals surface area contributed by atoms with Gasteiger partial charge in [0.1, 0.15) is 5.82 Å². The van der Waals surface area contributed by atoms with E-state index in [2.05, 4.69) is 15.9 Å². The molecule has 0 aliphatic carbocycles. The van der Waals surface area contributed by atoms with Gasteiger partial charge in [0.15, 0.2) is 0 Å². The summed E-state index contributed by atoms with van der Waals surface area (Å²) in [6.07, 6.45) is -0.0813. The monoisotopic (exact) mass is 373 g/mol. The Morgan fingerprint density at radius 1 is 1.45 bits per heavy atom. The summed E-state index contributed by atoms with van der Waals surface area (Å²) >= 11 is 3.19. The van der Waals surface area contributed by atoms with Crippen molar-refractivity contribution in [3.05, 3.63) is 34.1 Å². The number of carbonyl (C=O) groups is 2. The highest BCUT2D eigenvalue weighted by atomic mass is 79.9. The van der Waals surface area contributed by atoms with Gasteiger partial charge in [-0.3, -0.25) is 9.59 Å². The van der Waals surface area contributed by atoms with Gasteiger partial charge < -0.3 is 14.7 Å². The topological polar surface area (TPSA) is 66.8 Å². The van der Waals surface area contributed by atoms with Crippen molar-refractivity contribution in [1.29, 1.82) is 0 Å². The lowest BCUT2D eigenvalue weighted by atomic mass is 10.1. The Morgan fingerprint density at radius 2 is 2.23 bits per heavy atom. The van der Waals surface area contributed by atoms with Crippen LogP contribution >= 0.6 is 15.9 Å². The summed E-state index contributed by atoms with van der Waals surface area (Å²) in [5, 5.41) is 8.77. The van der Waals surface area contributed by atoms with Gasteiger partial charge in [-0.05, 0) is 24.1 Å². The van der Waals surface area contributed by atoms with Crippen molar-refractivity contribution >= 4 is 27.8 Å². The normalized spacial score (nSPS) is 18.3. The fourth-order valence-electron chi connectivity index (χ4n) is 2.39. The summed E-state index contributed by atoms with van der Waals surface area (Å²) in [5.74, 6) is -1.40. The van der Waals surface area contributed by atoms with E-state index >= 15 is 0 Å². The number of hydrogen-bond donors (Lipinski definition) is 1. The van der Waals surface area contributed by atoms with E-state index in [9.17, 15) is 14.0 Å². The molecule has 0 bridgehead atoms. The zero-order valence-corrected chi connectivity index (χ0v) is 13.5. The van der Waals surface area contributed by atoms with E-state index in [1.54, 1.807) is 17.0 Å². The number of ether oxygens (including phenoxy) is 1. The summed E-state index contributed by atoms with van der Waals surface area (Å²) in [6, 6.07) is 4.76. The average molecular weight is 374 g/mol. The Hall–Kier alpha value is -1.47. The molecule has 0 spiro atoms. The molecule has 1 atom stereocenters. The first-order valence-corrected chi connectivity index (χ1v) is 7.80.